The molecule has 10 heteroatoms. The minimum atomic E-state index is -1.59. The van der Waals surface area contributed by atoms with Gasteiger partial charge in [0.05, 0.1) is 13.7 Å². The molecule has 0 unspecified atom stereocenters. The number of hydrogen-bond acceptors (Lipinski definition) is 6. The van der Waals surface area contributed by atoms with Crippen molar-refractivity contribution in [3.8, 4) is 17.6 Å². The molecular formula is C25H23N5O5. The first-order chi connectivity index (χ1) is 16.9. The summed E-state index contributed by atoms with van der Waals surface area (Å²) in [4.78, 5) is 41.3. The van der Waals surface area contributed by atoms with E-state index in [1.54, 1.807) is 36.4 Å². The van der Waals surface area contributed by atoms with Crippen LogP contribution in [0.25, 0.3) is 0 Å². The van der Waals surface area contributed by atoms with Crippen molar-refractivity contribution in [3.05, 3.63) is 64.7 Å². The number of imide groups is 1. The van der Waals surface area contributed by atoms with Gasteiger partial charge in [-0.25, -0.2) is 4.79 Å². The molecule has 1 atom stereocenters. The molecule has 3 N–H and O–H groups in total. The molecule has 2 saturated heterocycles. The average Bonchev–Trinajstić information content (AvgIpc) is 3.29. The third kappa shape index (κ3) is 4.01. The SMILES string of the molecule is COc1ccc2c(c1)C(=O)N(C[C@@]1(C#Cc3ccc(C(=NO)N4CCC4)cc3)NC(=O)NC1=O)C2. The number of carbonyl (C=O) groups excluding carboxylic acids is 3. The summed E-state index contributed by atoms with van der Waals surface area (Å²) in [6.45, 7) is 1.86. The van der Waals surface area contributed by atoms with Crippen LogP contribution in [-0.2, 0) is 11.3 Å². The third-order valence-corrected chi connectivity index (χ3v) is 6.38. The summed E-state index contributed by atoms with van der Waals surface area (Å²) in [7, 11) is 1.52. The van der Waals surface area contributed by atoms with Crippen molar-refractivity contribution >= 4 is 23.7 Å². The van der Waals surface area contributed by atoms with Gasteiger partial charge in [0.2, 0.25) is 5.54 Å². The number of rotatable bonds is 4. The Labute approximate surface area is 201 Å². The van der Waals surface area contributed by atoms with Crippen molar-refractivity contribution in [2.45, 2.75) is 18.5 Å². The molecule has 3 aliphatic rings. The summed E-state index contributed by atoms with van der Waals surface area (Å²) in [5, 5.41) is 17.6. The summed E-state index contributed by atoms with van der Waals surface area (Å²) in [6, 6.07) is 11.6. The maximum Gasteiger partial charge on any atom is 0.323 e. The first kappa shape index (κ1) is 22.3. The minimum absolute atomic E-state index is 0.109. The smallest absolute Gasteiger partial charge is 0.323 e. The predicted octanol–water partition coefficient (Wildman–Crippen LogP) is 1.12. The van der Waals surface area contributed by atoms with Crippen LogP contribution >= 0.6 is 0 Å². The van der Waals surface area contributed by atoms with Crippen LogP contribution in [0.5, 0.6) is 5.75 Å². The molecule has 5 rings (SSSR count). The van der Waals surface area contributed by atoms with Crippen molar-refractivity contribution in [2.75, 3.05) is 26.7 Å². The zero-order valence-corrected chi connectivity index (χ0v) is 19.0. The molecule has 2 aromatic rings. The average molecular weight is 473 g/mol. The number of amidine groups is 1. The van der Waals surface area contributed by atoms with E-state index in [9.17, 15) is 19.6 Å². The van der Waals surface area contributed by atoms with Crippen LogP contribution in [0.1, 0.15) is 33.5 Å². The molecule has 2 aromatic carbocycles. The summed E-state index contributed by atoms with van der Waals surface area (Å²) in [5.74, 6) is 6.03. The molecule has 4 amide bonds. The molecule has 3 heterocycles. The summed E-state index contributed by atoms with van der Waals surface area (Å²) in [5.41, 5.74) is 1.06. The number of nitrogens with one attached hydrogen (secondary N) is 2. The number of carbonyl (C=O) groups is 3. The van der Waals surface area contributed by atoms with E-state index in [1.165, 1.54) is 12.0 Å². The predicted molar refractivity (Wildman–Crippen MR) is 125 cm³/mol. The Morgan fingerprint density at radius 1 is 1.17 bits per heavy atom. The third-order valence-electron chi connectivity index (χ3n) is 6.38. The number of benzene rings is 2. The highest BCUT2D eigenvalue weighted by Crippen LogP contribution is 2.28. The van der Waals surface area contributed by atoms with Crippen LogP contribution in [0.2, 0.25) is 0 Å². The first-order valence-corrected chi connectivity index (χ1v) is 11.1. The Balaban J connectivity index is 1.39. The molecule has 10 nitrogen and oxygen atoms in total. The van der Waals surface area contributed by atoms with Gasteiger partial charge in [0.25, 0.3) is 11.8 Å². The Morgan fingerprint density at radius 2 is 1.94 bits per heavy atom. The maximum atomic E-state index is 13.0. The van der Waals surface area contributed by atoms with E-state index in [-0.39, 0.29) is 12.5 Å². The van der Waals surface area contributed by atoms with E-state index < -0.39 is 17.5 Å². The van der Waals surface area contributed by atoms with E-state index in [0.717, 1.165) is 30.6 Å². The van der Waals surface area contributed by atoms with Gasteiger partial charge in [-0.3, -0.25) is 14.9 Å². The molecule has 0 aromatic heterocycles. The number of oxime groups is 1. The number of urea groups is 1. The van der Waals surface area contributed by atoms with Crippen molar-refractivity contribution in [1.29, 1.82) is 0 Å². The van der Waals surface area contributed by atoms with E-state index in [1.807, 2.05) is 11.0 Å². The van der Waals surface area contributed by atoms with E-state index >= 15 is 0 Å². The lowest BCUT2D eigenvalue weighted by Crippen LogP contribution is -2.54. The number of hydrogen-bond donors (Lipinski definition) is 3. The van der Waals surface area contributed by atoms with E-state index in [0.29, 0.717) is 29.3 Å². The Morgan fingerprint density at radius 3 is 2.54 bits per heavy atom. The quantitative estimate of drug-likeness (QED) is 0.153. The lowest BCUT2D eigenvalue weighted by Gasteiger charge is -2.33. The fourth-order valence-electron chi connectivity index (χ4n) is 4.32. The minimum Gasteiger partial charge on any atom is -0.497 e. The van der Waals surface area contributed by atoms with Crippen LogP contribution < -0.4 is 15.4 Å². The van der Waals surface area contributed by atoms with E-state index in [4.69, 9.17) is 4.74 Å². The van der Waals surface area contributed by atoms with Crippen molar-refractivity contribution in [3.63, 3.8) is 0 Å². The van der Waals surface area contributed by atoms with Gasteiger partial charge in [-0.2, -0.15) is 0 Å². The largest absolute Gasteiger partial charge is 0.497 e. The lowest BCUT2D eigenvalue weighted by molar-refractivity contribution is -0.122. The summed E-state index contributed by atoms with van der Waals surface area (Å²) in [6.07, 6.45) is 1.05. The Hall–Kier alpha value is -4.52. The van der Waals surface area contributed by atoms with Crippen LogP contribution in [0, 0.1) is 11.8 Å². The summed E-state index contributed by atoms with van der Waals surface area (Å²) >= 11 is 0. The first-order valence-electron chi connectivity index (χ1n) is 11.1. The molecular weight excluding hydrogens is 450 g/mol. The second-order valence-electron chi connectivity index (χ2n) is 8.59. The maximum absolute atomic E-state index is 13.0. The fraction of sp³-hybridized carbons (Fsp3) is 0.280. The van der Waals surface area contributed by atoms with Crippen LogP contribution in [0.15, 0.2) is 47.6 Å². The number of nitrogens with zero attached hydrogens (tertiary/aromatic N) is 3. The van der Waals surface area contributed by atoms with Gasteiger partial charge < -0.3 is 25.1 Å². The molecule has 0 aliphatic carbocycles. The molecule has 178 valence electrons. The molecule has 0 bridgehead atoms. The lowest BCUT2D eigenvalue weighted by atomic mass is 9.98. The van der Waals surface area contributed by atoms with Gasteiger partial charge >= 0.3 is 6.03 Å². The molecule has 0 radical (unpaired) electrons. The second-order valence-corrected chi connectivity index (χ2v) is 8.59. The second kappa shape index (κ2) is 8.68. The van der Waals surface area contributed by atoms with Crippen LogP contribution in [0.4, 0.5) is 4.79 Å². The number of amides is 4. The van der Waals surface area contributed by atoms with Crippen molar-refractivity contribution in [2.24, 2.45) is 5.16 Å². The highest BCUT2D eigenvalue weighted by atomic mass is 16.5. The Bertz CT molecular complexity index is 1310. The van der Waals surface area contributed by atoms with E-state index in [2.05, 4.69) is 27.6 Å². The van der Waals surface area contributed by atoms with Crippen LogP contribution in [0.3, 0.4) is 0 Å². The standard InChI is InChI=1S/C25H23N5O5/c1-35-19-8-7-18-14-30(22(31)20(18)13-19)15-25(23(32)26-24(33)27-25)10-9-16-3-5-17(6-4-16)21(28-34)29-11-2-12-29/h3-8,13,34H,2,11-12,14-15H2,1H3,(H2,26,27,32,33)/t25-/m1/s1. The number of ether oxygens (including phenoxy) is 1. The zero-order chi connectivity index (χ0) is 24.6. The van der Waals surface area contributed by atoms with Gasteiger partial charge in [0, 0.05) is 36.3 Å². The van der Waals surface area contributed by atoms with Crippen molar-refractivity contribution < 1.29 is 24.3 Å². The molecule has 0 saturated carbocycles. The number of methoxy groups -OCH3 is 1. The number of likely N-dealkylation sites (tertiary alicyclic amines) is 1. The Kier molecular flexibility index (Phi) is 5.53. The van der Waals surface area contributed by atoms with Gasteiger partial charge in [-0.1, -0.05) is 23.1 Å². The summed E-state index contributed by atoms with van der Waals surface area (Å²) < 4.78 is 5.21. The monoisotopic (exact) mass is 473 g/mol. The number of fused-ring (bicyclic) bond motifs is 1. The topological polar surface area (TPSA) is 124 Å². The molecule has 3 aliphatic heterocycles. The highest BCUT2D eigenvalue weighted by molar-refractivity contribution is 6.10. The fourth-order valence-corrected chi connectivity index (χ4v) is 4.32. The molecule has 0 spiro atoms. The van der Waals surface area contributed by atoms with Crippen LogP contribution in [-0.4, -0.2) is 71.0 Å². The van der Waals surface area contributed by atoms with Gasteiger partial charge in [0.1, 0.15) is 5.75 Å². The van der Waals surface area contributed by atoms with Crippen molar-refractivity contribution in [1.82, 2.24) is 20.4 Å². The van der Waals surface area contributed by atoms with Gasteiger partial charge in [-0.15, -0.1) is 0 Å². The van der Waals surface area contributed by atoms with Gasteiger partial charge in [0.15, 0.2) is 5.84 Å². The normalized spacial score (nSPS) is 21.1. The van der Waals surface area contributed by atoms with Gasteiger partial charge in [-0.05, 0) is 48.4 Å². The zero-order valence-electron chi connectivity index (χ0n) is 19.0. The molecule has 2 fully saturated rings. The molecule has 35 heavy (non-hydrogen) atoms. The highest BCUT2D eigenvalue weighted by Gasteiger charge is 2.48.